The molecule has 3 N–H and O–H groups in total. The molecule has 0 saturated heterocycles. The highest BCUT2D eigenvalue weighted by Crippen LogP contribution is 2.21. The molecule has 0 saturated carbocycles. The number of aliphatic hydroxyl groups is 1. The van der Waals surface area contributed by atoms with E-state index < -0.39 is 15.8 Å². The van der Waals surface area contributed by atoms with Gasteiger partial charge in [0.2, 0.25) is 0 Å². The zero-order valence-electron chi connectivity index (χ0n) is 10.3. The molecule has 0 aromatic heterocycles. The van der Waals surface area contributed by atoms with Crippen molar-refractivity contribution in [3.8, 4) is 0 Å². The summed E-state index contributed by atoms with van der Waals surface area (Å²) in [5.41, 5.74) is -0.617. The lowest BCUT2D eigenvalue weighted by Crippen LogP contribution is -2.43. The van der Waals surface area contributed by atoms with Crippen LogP contribution in [0, 0.1) is 0 Å². The van der Waals surface area contributed by atoms with Crippen molar-refractivity contribution < 1.29 is 13.5 Å². The van der Waals surface area contributed by atoms with Crippen LogP contribution in [0.4, 0.5) is 0 Å². The van der Waals surface area contributed by atoms with Crippen LogP contribution in [0.15, 0.2) is 28.7 Å². The smallest absolute Gasteiger partial charge is 0.277 e. The standard InChI is InChI=1S/C11H17BrN2O3S/c1-3-13-18(16,17)14-8-11(2,15)9-4-6-10(12)7-5-9/h4-7,13-15H,3,8H2,1-2H3. The Labute approximate surface area is 116 Å². The molecule has 1 aromatic rings. The molecule has 0 aliphatic heterocycles. The minimum Gasteiger partial charge on any atom is -0.384 e. The molecular weight excluding hydrogens is 320 g/mol. The molecule has 0 aliphatic rings. The number of halogens is 1. The summed E-state index contributed by atoms with van der Waals surface area (Å²) in [5.74, 6) is 0. The minimum atomic E-state index is -3.55. The van der Waals surface area contributed by atoms with Gasteiger partial charge in [-0.05, 0) is 24.6 Å². The van der Waals surface area contributed by atoms with Gasteiger partial charge < -0.3 is 5.11 Å². The van der Waals surface area contributed by atoms with Gasteiger partial charge >= 0.3 is 0 Å². The molecule has 0 spiro atoms. The van der Waals surface area contributed by atoms with Crippen molar-refractivity contribution in [3.05, 3.63) is 34.3 Å². The van der Waals surface area contributed by atoms with Crippen molar-refractivity contribution in [2.75, 3.05) is 13.1 Å². The summed E-state index contributed by atoms with van der Waals surface area (Å²) in [6.45, 7) is 3.45. The fraction of sp³-hybridized carbons (Fsp3) is 0.455. The Morgan fingerprint density at radius 1 is 1.28 bits per heavy atom. The minimum absolute atomic E-state index is 0.0933. The van der Waals surface area contributed by atoms with Gasteiger partial charge in [-0.15, -0.1) is 0 Å². The Morgan fingerprint density at radius 2 is 1.83 bits per heavy atom. The van der Waals surface area contributed by atoms with Crippen LogP contribution in [0.2, 0.25) is 0 Å². The fourth-order valence-corrected chi connectivity index (χ4v) is 2.61. The van der Waals surface area contributed by atoms with Crippen LogP contribution in [-0.2, 0) is 15.8 Å². The molecule has 1 aromatic carbocycles. The van der Waals surface area contributed by atoms with Gasteiger partial charge in [0.1, 0.15) is 5.60 Å². The first-order chi connectivity index (χ1) is 8.27. The maximum atomic E-state index is 11.4. The zero-order chi connectivity index (χ0) is 13.8. The average Bonchev–Trinajstić information content (AvgIpc) is 2.27. The lowest BCUT2D eigenvalue weighted by Gasteiger charge is -2.24. The predicted octanol–water partition coefficient (Wildman–Crippen LogP) is 1.10. The van der Waals surface area contributed by atoms with Crippen LogP contribution in [0.3, 0.4) is 0 Å². The molecule has 5 nitrogen and oxygen atoms in total. The van der Waals surface area contributed by atoms with E-state index in [1.54, 1.807) is 38.1 Å². The van der Waals surface area contributed by atoms with Crippen molar-refractivity contribution in [2.45, 2.75) is 19.4 Å². The van der Waals surface area contributed by atoms with E-state index in [4.69, 9.17) is 0 Å². The first kappa shape index (κ1) is 15.6. The molecule has 1 atom stereocenters. The molecular formula is C11H17BrN2O3S. The molecule has 18 heavy (non-hydrogen) atoms. The molecule has 0 radical (unpaired) electrons. The van der Waals surface area contributed by atoms with Crippen LogP contribution in [0.1, 0.15) is 19.4 Å². The normalized spacial score (nSPS) is 15.3. The molecule has 0 aliphatic carbocycles. The second-order valence-corrected chi connectivity index (χ2v) is 6.60. The maximum Gasteiger partial charge on any atom is 0.277 e. The van der Waals surface area contributed by atoms with Crippen LogP contribution < -0.4 is 9.44 Å². The summed E-state index contributed by atoms with van der Waals surface area (Å²) in [6, 6.07) is 7.07. The van der Waals surface area contributed by atoms with Gasteiger partial charge in [-0.25, -0.2) is 4.72 Å². The van der Waals surface area contributed by atoms with Gasteiger partial charge in [-0.1, -0.05) is 35.0 Å². The Kier molecular flexibility index (Phi) is 5.30. The summed E-state index contributed by atoms with van der Waals surface area (Å²) in [5, 5.41) is 10.2. The quantitative estimate of drug-likeness (QED) is 0.727. The van der Waals surface area contributed by atoms with E-state index in [1.165, 1.54) is 0 Å². The van der Waals surface area contributed by atoms with Gasteiger partial charge in [0.25, 0.3) is 10.2 Å². The first-order valence-electron chi connectivity index (χ1n) is 5.49. The molecule has 1 unspecified atom stereocenters. The van der Waals surface area contributed by atoms with Crippen molar-refractivity contribution >= 4 is 26.1 Å². The maximum absolute atomic E-state index is 11.4. The number of benzene rings is 1. The fourth-order valence-electron chi connectivity index (χ4n) is 1.39. The third-order valence-corrected chi connectivity index (χ3v) is 4.13. The van der Waals surface area contributed by atoms with Gasteiger partial charge in [0.05, 0.1) is 0 Å². The molecule has 0 heterocycles. The summed E-state index contributed by atoms with van der Waals surface area (Å²) in [6.07, 6.45) is 0. The third-order valence-electron chi connectivity index (χ3n) is 2.41. The van der Waals surface area contributed by atoms with Crippen LogP contribution in [0.25, 0.3) is 0 Å². The largest absolute Gasteiger partial charge is 0.384 e. The molecule has 102 valence electrons. The van der Waals surface area contributed by atoms with Crippen LogP contribution in [0.5, 0.6) is 0 Å². The van der Waals surface area contributed by atoms with Crippen molar-refractivity contribution in [3.63, 3.8) is 0 Å². The number of hydrogen-bond donors (Lipinski definition) is 3. The van der Waals surface area contributed by atoms with Crippen molar-refractivity contribution in [1.29, 1.82) is 0 Å². The number of hydrogen-bond acceptors (Lipinski definition) is 3. The predicted molar refractivity (Wildman–Crippen MR) is 74.3 cm³/mol. The third kappa shape index (κ3) is 4.66. The summed E-state index contributed by atoms with van der Waals surface area (Å²) in [7, 11) is -3.55. The van der Waals surface area contributed by atoms with E-state index in [0.29, 0.717) is 12.1 Å². The highest BCUT2D eigenvalue weighted by molar-refractivity contribution is 9.10. The number of nitrogens with one attached hydrogen (secondary N) is 2. The van der Waals surface area contributed by atoms with E-state index in [9.17, 15) is 13.5 Å². The Bertz CT molecular complexity index is 486. The summed E-state index contributed by atoms with van der Waals surface area (Å²) in [4.78, 5) is 0. The lowest BCUT2D eigenvalue weighted by molar-refractivity contribution is 0.0626. The molecule has 7 heteroatoms. The van der Waals surface area contributed by atoms with Crippen molar-refractivity contribution in [2.24, 2.45) is 0 Å². The van der Waals surface area contributed by atoms with Crippen LogP contribution in [-0.4, -0.2) is 26.6 Å². The summed E-state index contributed by atoms with van der Waals surface area (Å²) >= 11 is 3.30. The second-order valence-electron chi connectivity index (χ2n) is 4.10. The summed E-state index contributed by atoms with van der Waals surface area (Å²) < 4.78 is 28.4. The van der Waals surface area contributed by atoms with Gasteiger partial charge in [0.15, 0.2) is 0 Å². The number of rotatable bonds is 6. The average molecular weight is 337 g/mol. The monoisotopic (exact) mass is 336 g/mol. The van der Waals surface area contributed by atoms with E-state index in [0.717, 1.165) is 4.47 Å². The first-order valence-corrected chi connectivity index (χ1v) is 7.77. The van der Waals surface area contributed by atoms with Gasteiger partial charge in [0, 0.05) is 17.6 Å². The highest BCUT2D eigenvalue weighted by atomic mass is 79.9. The lowest BCUT2D eigenvalue weighted by atomic mass is 9.97. The SMILES string of the molecule is CCNS(=O)(=O)NCC(C)(O)c1ccc(Br)cc1. The van der Waals surface area contributed by atoms with E-state index in [1.807, 2.05) is 0 Å². The molecule has 0 amide bonds. The van der Waals surface area contributed by atoms with Gasteiger partial charge in [-0.2, -0.15) is 13.1 Å². The second kappa shape index (κ2) is 6.12. The van der Waals surface area contributed by atoms with Crippen molar-refractivity contribution in [1.82, 2.24) is 9.44 Å². The van der Waals surface area contributed by atoms with Gasteiger partial charge in [-0.3, -0.25) is 0 Å². The molecule has 0 fully saturated rings. The van der Waals surface area contributed by atoms with E-state index in [-0.39, 0.29) is 6.54 Å². The van der Waals surface area contributed by atoms with E-state index >= 15 is 0 Å². The Morgan fingerprint density at radius 3 is 2.33 bits per heavy atom. The highest BCUT2D eigenvalue weighted by Gasteiger charge is 2.25. The topological polar surface area (TPSA) is 78.4 Å². The van der Waals surface area contributed by atoms with Crippen LogP contribution >= 0.6 is 15.9 Å². The molecule has 0 bridgehead atoms. The zero-order valence-corrected chi connectivity index (χ0v) is 12.7. The molecule has 1 rings (SSSR count). The Hall–Kier alpha value is -0.470. The Balaban J connectivity index is 2.73. The van der Waals surface area contributed by atoms with E-state index in [2.05, 4.69) is 25.4 Å².